The van der Waals surface area contributed by atoms with Gasteiger partial charge in [-0.1, -0.05) is 0 Å². The van der Waals surface area contributed by atoms with E-state index in [0.29, 0.717) is 7.25 Å². The molecule has 6 aromatic carbocycles. The fraction of sp³-hybridized carbons (Fsp3) is 0.355. The second-order valence-electron chi connectivity index (χ2n) is 21.6. The van der Waals surface area contributed by atoms with Crippen molar-refractivity contribution in [2.75, 3.05) is 0 Å². The topological polar surface area (TPSA) is 0 Å². The fourth-order valence-corrected chi connectivity index (χ4v) is 32.2. The molecule has 8 rings (SSSR count). The SMILES string of the molecule is CCCCCC1=Cc2c(-c3cc(C)cc(C)c3)ccc(-c3cc(C)cc(C)c3)c2[CH]1[Zr]([CH3])([CH3])(=[SiH2])[CH]1C(CCCCC)=Cc2c(-c3cc(C)cc(C)c3)ccc(-c3cc(C)cc(C)c3)c21. The average Bonchev–Trinajstić information content (AvgIpc) is 3.80. The van der Waals surface area contributed by atoms with Crippen LogP contribution in [-0.4, -0.2) is 6.88 Å². The van der Waals surface area contributed by atoms with Gasteiger partial charge in [-0.2, -0.15) is 0 Å². The van der Waals surface area contributed by atoms with Crippen LogP contribution < -0.4 is 0 Å². The van der Waals surface area contributed by atoms with Gasteiger partial charge in [-0.25, -0.2) is 0 Å². The molecule has 2 unspecified atom stereocenters. The summed E-state index contributed by atoms with van der Waals surface area (Å²) in [4.78, 5) is 0. The molecular formula is C62H74SiZr. The van der Waals surface area contributed by atoms with Gasteiger partial charge in [0, 0.05) is 0 Å². The third-order valence-electron chi connectivity index (χ3n) is 14.7. The summed E-state index contributed by atoms with van der Waals surface area (Å²) in [5.74, 6) is 0. The van der Waals surface area contributed by atoms with Crippen LogP contribution in [0.3, 0.4) is 0 Å². The Morgan fingerprint density at radius 3 is 0.938 bits per heavy atom. The third kappa shape index (κ3) is 9.05. The Morgan fingerprint density at radius 2 is 0.656 bits per heavy atom. The van der Waals surface area contributed by atoms with Crippen LogP contribution in [0.15, 0.2) is 108 Å². The molecule has 2 aliphatic carbocycles. The van der Waals surface area contributed by atoms with Crippen molar-refractivity contribution in [3.05, 3.63) is 175 Å². The van der Waals surface area contributed by atoms with Gasteiger partial charge in [0.15, 0.2) is 0 Å². The van der Waals surface area contributed by atoms with E-state index in [1.165, 1.54) is 139 Å². The second-order valence-corrected chi connectivity index (χ2v) is 52.1. The molecule has 64 heavy (non-hydrogen) atoms. The number of fused-ring (bicyclic) bond motifs is 2. The zero-order valence-electron chi connectivity index (χ0n) is 41.4. The summed E-state index contributed by atoms with van der Waals surface area (Å²) >= 11 is -4.26. The summed E-state index contributed by atoms with van der Waals surface area (Å²) in [6, 6.07) is 38.9. The van der Waals surface area contributed by atoms with Crippen molar-refractivity contribution in [3.8, 4) is 44.5 Å². The van der Waals surface area contributed by atoms with Crippen molar-refractivity contribution >= 4 is 19.0 Å². The van der Waals surface area contributed by atoms with Crippen molar-refractivity contribution in [2.24, 2.45) is 0 Å². The Kier molecular flexibility index (Phi) is 13.3. The van der Waals surface area contributed by atoms with Crippen LogP contribution in [0.4, 0.5) is 0 Å². The van der Waals surface area contributed by atoms with E-state index in [1.807, 2.05) is 0 Å². The minimum absolute atomic E-state index is 0.399. The van der Waals surface area contributed by atoms with Crippen molar-refractivity contribution in [1.82, 2.24) is 0 Å². The van der Waals surface area contributed by atoms with Crippen LogP contribution in [0.2, 0.25) is 9.26 Å². The molecule has 2 aliphatic rings. The number of aryl methyl sites for hydroxylation is 8. The molecular weight excluding hydrogens is 864 g/mol. The summed E-state index contributed by atoms with van der Waals surface area (Å²) in [6.45, 7) is 25.5. The van der Waals surface area contributed by atoms with E-state index >= 15 is 0 Å². The molecule has 0 amide bonds. The maximum atomic E-state index is 2.91. The Balaban J connectivity index is 1.47. The van der Waals surface area contributed by atoms with E-state index in [0.717, 1.165) is 12.8 Å². The van der Waals surface area contributed by atoms with E-state index < -0.39 is 17.4 Å². The molecule has 2 atom stereocenters. The zero-order valence-corrected chi connectivity index (χ0v) is 45.3. The average molecular weight is 939 g/mol. The summed E-state index contributed by atoms with van der Waals surface area (Å²) < 4.78 is 6.61. The summed E-state index contributed by atoms with van der Waals surface area (Å²) in [7, 11) is 0. The molecule has 0 aromatic heterocycles. The summed E-state index contributed by atoms with van der Waals surface area (Å²) in [6.07, 6.45) is 15.3. The predicted molar refractivity (Wildman–Crippen MR) is 283 cm³/mol. The van der Waals surface area contributed by atoms with Crippen LogP contribution in [-0.2, 0) is 17.4 Å². The van der Waals surface area contributed by atoms with E-state index in [-0.39, 0.29) is 0 Å². The Labute approximate surface area is 390 Å². The number of hydrogen-bond acceptors (Lipinski definition) is 0. The first kappa shape index (κ1) is 46.4. The van der Waals surface area contributed by atoms with Crippen molar-refractivity contribution < 1.29 is 17.4 Å². The molecule has 2 heteroatoms. The second kappa shape index (κ2) is 18.3. The van der Waals surface area contributed by atoms with Gasteiger partial charge in [0.1, 0.15) is 0 Å². The van der Waals surface area contributed by atoms with E-state index in [2.05, 4.69) is 195 Å². The molecule has 0 nitrogen and oxygen atoms in total. The Hall–Kier alpha value is -4.10. The fourth-order valence-electron chi connectivity index (χ4n) is 12.6. The quantitative estimate of drug-likeness (QED) is 0.0754. The molecule has 0 spiro atoms. The molecule has 0 saturated carbocycles. The van der Waals surface area contributed by atoms with Crippen molar-refractivity contribution in [3.63, 3.8) is 0 Å². The first-order valence-corrected chi connectivity index (χ1v) is 38.3. The van der Waals surface area contributed by atoms with Gasteiger partial charge in [-0.05, 0) is 0 Å². The first-order chi connectivity index (χ1) is 30.4. The Morgan fingerprint density at radius 1 is 0.391 bits per heavy atom. The predicted octanol–water partition coefficient (Wildman–Crippen LogP) is 17.9. The first-order valence-electron chi connectivity index (χ1n) is 24.6. The van der Waals surface area contributed by atoms with E-state index in [9.17, 15) is 0 Å². The van der Waals surface area contributed by atoms with Gasteiger partial charge >= 0.3 is 393 Å². The summed E-state index contributed by atoms with van der Waals surface area (Å²) in [5, 5.41) is 0. The molecule has 0 aliphatic heterocycles. The molecule has 0 fully saturated rings. The standard InChI is InChI=1S/2C30H33.2CH3.H2Si.Zr/c2*1-6-7-8-9-24-18-29-27(25-14-20(2)12-21(3)15-25)10-11-28(30(29)19-24)26-16-22(4)13-23(5)17-26;;;;/h2*10-19H,6-9H2,1-5H3;2*1H3;1H2;. The molecule has 6 aromatic rings. The van der Waals surface area contributed by atoms with Crippen molar-refractivity contribution in [2.45, 2.75) is 137 Å². The Bertz CT molecular complexity index is 2650. The van der Waals surface area contributed by atoms with Gasteiger partial charge in [-0.3, -0.25) is 0 Å². The number of rotatable bonds is 14. The van der Waals surface area contributed by atoms with Gasteiger partial charge in [0.25, 0.3) is 0 Å². The van der Waals surface area contributed by atoms with Crippen LogP contribution in [0.25, 0.3) is 56.7 Å². The molecule has 330 valence electrons. The summed E-state index contributed by atoms with van der Waals surface area (Å²) in [5.41, 5.74) is 31.5. The van der Waals surface area contributed by atoms with Crippen LogP contribution >= 0.6 is 0 Å². The maximum absolute atomic E-state index is 4.26. The molecule has 0 N–H and O–H groups in total. The van der Waals surface area contributed by atoms with Crippen LogP contribution in [0, 0.1) is 55.4 Å². The normalized spacial score (nSPS) is 15.9. The van der Waals surface area contributed by atoms with E-state index in [1.54, 1.807) is 22.3 Å². The van der Waals surface area contributed by atoms with Crippen LogP contribution in [0.5, 0.6) is 0 Å². The van der Waals surface area contributed by atoms with E-state index in [4.69, 9.17) is 0 Å². The van der Waals surface area contributed by atoms with Gasteiger partial charge in [0.05, 0.1) is 0 Å². The van der Waals surface area contributed by atoms with Gasteiger partial charge in [-0.15, -0.1) is 0 Å². The third-order valence-corrected chi connectivity index (χ3v) is 32.1. The van der Waals surface area contributed by atoms with Crippen LogP contribution in [0.1, 0.15) is 139 Å². The number of benzene rings is 6. The molecule has 0 saturated heterocycles. The molecule has 0 heterocycles. The number of unbranched alkanes of at least 4 members (excludes halogenated alkanes) is 4. The minimum atomic E-state index is -4.26. The van der Waals surface area contributed by atoms with Gasteiger partial charge < -0.3 is 0 Å². The zero-order chi connectivity index (χ0) is 45.7. The monoisotopic (exact) mass is 936 g/mol. The molecule has 0 radical (unpaired) electrons. The number of allylic oxidation sites excluding steroid dienone is 2. The molecule has 0 bridgehead atoms. The van der Waals surface area contributed by atoms with Crippen molar-refractivity contribution in [1.29, 1.82) is 0 Å². The number of hydrogen-bond donors (Lipinski definition) is 0. The van der Waals surface area contributed by atoms with Gasteiger partial charge in [0.2, 0.25) is 0 Å².